The predicted molar refractivity (Wildman–Crippen MR) is 90.7 cm³/mol. The fraction of sp³-hybridized carbons (Fsp3) is 0.667. The van der Waals surface area contributed by atoms with Crippen LogP contribution in [0, 0.1) is 12.3 Å². The Morgan fingerprint density at radius 1 is 1.48 bits per heavy atom. The summed E-state index contributed by atoms with van der Waals surface area (Å²) in [6.07, 6.45) is 4.77. The summed E-state index contributed by atoms with van der Waals surface area (Å²) in [4.78, 5) is 28.4. The topological polar surface area (TPSA) is 62.4 Å². The number of ether oxygens (including phenoxy) is 1. The molecule has 0 saturated heterocycles. The minimum atomic E-state index is -0.185. The molecule has 1 aliphatic rings. The minimum Gasteiger partial charge on any atom is -0.378 e. The molecular weight excluding hydrogens is 292 g/mol. The van der Waals surface area contributed by atoms with Gasteiger partial charge in [-0.05, 0) is 25.3 Å². The summed E-state index contributed by atoms with van der Waals surface area (Å²) < 4.78 is 5.95. The normalized spacial score (nSPS) is 22.5. The number of hydrogen-bond acceptors (Lipinski definition) is 3. The number of carbonyl (C=O) groups is 1. The highest BCUT2D eigenvalue weighted by atomic mass is 16.5. The van der Waals surface area contributed by atoms with Gasteiger partial charge in [-0.25, -0.2) is 0 Å². The van der Waals surface area contributed by atoms with Gasteiger partial charge in [0.15, 0.2) is 0 Å². The van der Waals surface area contributed by atoms with Gasteiger partial charge in [0.1, 0.15) is 0 Å². The number of rotatable bonds is 6. The summed E-state index contributed by atoms with van der Waals surface area (Å²) in [6, 6.07) is 1.61. The molecular formula is C18H28N2O3. The molecule has 23 heavy (non-hydrogen) atoms. The smallest absolute Gasteiger partial charge is 0.255 e. The van der Waals surface area contributed by atoms with Crippen LogP contribution in [0.25, 0.3) is 0 Å². The molecule has 1 amide bonds. The van der Waals surface area contributed by atoms with E-state index in [-0.39, 0.29) is 29.0 Å². The fourth-order valence-electron chi connectivity index (χ4n) is 3.31. The van der Waals surface area contributed by atoms with Crippen molar-refractivity contribution in [2.75, 3.05) is 13.7 Å². The van der Waals surface area contributed by atoms with Crippen LogP contribution in [0.1, 0.15) is 56.0 Å². The zero-order valence-electron chi connectivity index (χ0n) is 14.8. The molecule has 0 aromatic carbocycles. The number of amides is 1. The van der Waals surface area contributed by atoms with Gasteiger partial charge in [0.25, 0.3) is 5.91 Å². The van der Waals surface area contributed by atoms with Crippen LogP contribution in [0.15, 0.2) is 17.1 Å². The number of carbonyl (C=O) groups excluding carboxylic acids is 1. The molecule has 1 aliphatic carbocycles. The van der Waals surface area contributed by atoms with Gasteiger partial charge in [0.05, 0.1) is 11.7 Å². The predicted octanol–water partition coefficient (Wildman–Crippen LogP) is 2.74. The molecule has 0 radical (unpaired) electrons. The van der Waals surface area contributed by atoms with Gasteiger partial charge >= 0.3 is 0 Å². The third-order valence-corrected chi connectivity index (χ3v) is 5.09. The molecule has 0 bridgehead atoms. The third kappa shape index (κ3) is 3.50. The Kier molecular flexibility index (Phi) is 5.30. The molecule has 5 heteroatoms. The average molecular weight is 320 g/mol. The van der Waals surface area contributed by atoms with Gasteiger partial charge in [-0.1, -0.05) is 27.2 Å². The largest absolute Gasteiger partial charge is 0.378 e. The molecule has 1 N–H and O–H groups in total. The van der Waals surface area contributed by atoms with E-state index in [2.05, 4.69) is 25.8 Å². The van der Waals surface area contributed by atoms with Crippen LogP contribution in [0.5, 0.6) is 0 Å². The maximum atomic E-state index is 12.7. The minimum absolute atomic E-state index is 0.0520. The van der Waals surface area contributed by atoms with Crippen molar-refractivity contribution in [1.82, 2.24) is 9.88 Å². The van der Waals surface area contributed by atoms with E-state index in [4.69, 9.17) is 4.74 Å². The Bertz CT molecular complexity index is 621. The van der Waals surface area contributed by atoms with Crippen molar-refractivity contribution in [1.29, 1.82) is 0 Å². The molecule has 0 aliphatic heterocycles. The van der Waals surface area contributed by atoms with Crippen LogP contribution < -0.4 is 5.56 Å². The van der Waals surface area contributed by atoms with Gasteiger partial charge in [0.2, 0.25) is 5.56 Å². The number of nitrogens with one attached hydrogen (secondary N) is 1. The Balaban J connectivity index is 2.05. The molecule has 1 heterocycles. The second kappa shape index (κ2) is 6.87. The van der Waals surface area contributed by atoms with Gasteiger partial charge in [0, 0.05) is 37.4 Å². The highest BCUT2D eigenvalue weighted by Crippen LogP contribution is 2.45. The van der Waals surface area contributed by atoms with Crippen molar-refractivity contribution in [3.05, 3.63) is 33.7 Å². The van der Waals surface area contributed by atoms with Crippen molar-refractivity contribution < 1.29 is 9.53 Å². The highest BCUT2D eigenvalue weighted by molar-refractivity contribution is 5.95. The van der Waals surface area contributed by atoms with Crippen LogP contribution >= 0.6 is 0 Å². The molecule has 1 aromatic heterocycles. The molecule has 5 nitrogen and oxygen atoms in total. The Hall–Kier alpha value is -1.62. The number of pyridine rings is 1. The first-order valence-electron chi connectivity index (χ1n) is 8.37. The summed E-state index contributed by atoms with van der Waals surface area (Å²) in [5.74, 6) is -0.0520. The maximum absolute atomic E-state index is 12.7. The number of nitrogens with zero attached hydrogens (tertiary/aromatic N) is 1. The zero-order valence-corrected chi connectivity index (χ0v) is 14.8. The Labute approximate surface area is 138 Å². The number of aryl methyl sites for hydroxylation is 1. The van der Waals surface area contributed by atoms with Crippen LogP contribution in [-0.2, 0) is 4.74 Å². The standard InChI is InChI=1S/C18H28N2O3/c1-6-7-8-23-15-10-14(18(15,3)4)20(5)17(22)13-11-19-16(21)9-12(13)2/h9,11,14-15H,6-8,10H2,1-5H3,(H,19,21)/t14-,15+/m0/s1. The third-order valence-electron chi connectivity index (χ3n) is 5.09. The van der Waals surface area contributed by atoms with Crippen molar-refractivity contribution in [2.24, 2.45) is 5.41 Å². The molecule has 2 rings (SSSR count). The number of aromatic amines is 1. The van der Waals surface area contributed by atoms with Crippen molar-refractivity contribution in [3.63, 3.8) is 0 Å². The molecule has 1 aromatic rings. The van der Waals surface area contributed by atoms with Crippen LogP contribution in [0.3, 0.4) is 0 Å². The zero-order chi connectivity index (χ0) is 17.2. The number of unbranched alkanes of at least 4 members (excludes halogenated alkanes) is 1. The summed E-state index contributed by atoms with van der Waals surface area (Å²) in [5, 5.41) is 0. The van der Waals surface area contributed by atoms with Crippen LogP contribution in [-0.4, -0.2) is 41.6 Å². The van der Waals surface area contributed by atoms with E-state index >= 15 is 0 Å². The summed E-state index contributed by atoms with van der Waals surface area (Å²) >= 11 is 0. The van der Waals surface area contributed by atoms with Gasteiger partial charge in [-0.2, -0.15) is 0 Å². The summed E-state index contributed by atoms with van der Waals surface area (Å²) in [5.41, 5.74) is 1.01. The van der Waals surface area contributed by atoms with E-state index in [9.17, 15) is 9.59 Å². The van der Waals surface area contributed by atoms with Gasteiger partial charge in [-0.15, -0.1) is 0 Å². The van der Waals surface area contributed by atoms with Crippen LogP contribution in [0.4, 0.5) is 0 Å². The quantitative estimate of drug-likeness (QED) is 0.820. The molecule has 0 spiro atoms. The first-order chi connectivity index (χ1) is 10.8. The highest BCUT2D eigenvalue weighted by Gasteiger charge is 2.52. The van der Waals surface area contributed by atoms with Gasteiger partial charge in [-0.3, -0.25) is 9.59 Å². The fourth-order valence-corrected chi connectivity index (χ4v) is 3.31. The summed E-state index contributed by atoms with van der Waals surface area (Å²) in [6.45, 7) is 9.03. The maximum Gasteiger partial charge on any atom is 0.255 e. The number of aromatic nitrogens is 1. The number of hydrogen-bond donors (Lipinski definition) is 1. The van der Waals surface area contributed by atoms with E-state index < -0.39 is 0 Å². The lowest BCUT2D eigenvalue weighted by Crippen LogP contribution is -2.62. The van der Waals surface area contributed by atoms with Crippen molar-refractivity contribution >= 4 is 5.91 Å². The Morgan fingerprint density at radius 3 is 2.74 bits per heavy atom. The van der Waals surface area contributed by atoms with E-state index in [1.54, 1.807) is 11.8 Å². The van der Waals surface area contributed by atoms with Crippen molar-refractivity contribution in [3.8, 4) is 0 Å². The second-order valence-corrected chi connectivity index (χ2v) is 7.10. The van der Waals surface area contributed by atoms with Gasteiger partial charge < -0.3 is 14.6 Å². The first-order valence-corrected chi connectivity index (χ1v) is 8.37. The lowest BCUT2D eigenvalue weighted by molar-refractivity contribution is -0.140. The first kappa shape index (κ1) is 17.7. The molecule has 128 valence electrons. The summed E-state index contributed by atoms with van der Waals surface area (Å²) in [7, 11) is 1.83. The SMILES string of the molecule is CCCCO[C@@H]1C[C@H](N(C)C(=O)c2c[nH]c(=O)cc2C)C1(C)C. The lowest BCUT2D eigenvalue weighted by atomic mass is 9.63. The van der Waals surface area contributed by atoms with E-state index in [0.29, 0.717) is 11.1 Å². The molecule has 1 fully saturated rings. The molecule has 0 unspecified atom stereocenters. The number of H-pyrrole nitrogens is 1. The second-order valence-electron chi connectivity index (χ2n) is 7.10. The lowest BCUT2D eigenvalue weighted by Gasteiger charge is -2.55. The van der Waals surface area contributed by atoms with E-state index in [0.717, 1.165) is 25.9 Å². The van der Waals surface area contributed by atoms with E-state index in [1.165, 1.54) is 12.3 Å². The van der Waals surface area contributed by atoms with Crippen LogP contribution in [0.2, 0.25) is 0 Å². The monoisotopic (exact) mass is 320 g/mol. The van der Waals surface area contributed by atoms with E-state index in [1.807, 2.05) is 7.05 Å². The molecule has 1 saturated carbocycles. The average Bonchev–Trinajstić information content (AvgIpc) is 2.49. The Morgan fingerprint density at radius 2 is 2.17 bits per heavy atom. The molecule has 2 atom stereocenters. The van der Waals surface area contributed by atoms with Crippen molar-refractivity contribution in [2.45, 2.75) is 59.1 Å².